The Hall–Kier alpha value is -2.29. The molecule has 1 aliphatic heterocycles. The number of allylic oxidation sites excluding steroid dienone is 5. The van der Waals surface area contributed by atoms with Crippen molar-refractivity contribution in [3.63, 3.8) is 0 Å². The summed E-state index contributed by atoms with van der Waals surface area (Å²) >= 11 is 0. The molecule has 0 saturated carbocycles. The summed E-state index contributed by atoms with van der Waals surface area (Å²) < 4.78 is 5.47. The number of carbonyl (C=O) groups is 1. The van der Waals surface area contributed by atoms with Gasteiger partial charge < -0.3 is 9.84 Å². The molecule has 2 rings (SSSR count). The molecular formula is C21H26O3. The third kappa shape index (κ3) is 4.16. The summed E-state index contributed by atoms with van der Waals surface area (Å²) in [5.41, 5.74) is 5.61. The lowest BCUT2D eigenvalue weighted by atomic mass is 9.98. The molecule has 0 saturated heterocycles. The van der Waals surface area contributed by atoms with E-state index >= 15 is 0 Å². The van der Waals surface area contributed by atoms with Gasteiger partial charge in [-0.05, 0) is 66.0 Å². The Morgan fingerprint density at radius 1 is 1.12 bits per heavy atom. The minimum atomic E-state index is -0.332. The van der Waals surface area contributed by atoms with Crippen molar-refractivity contribution in [3.8, 4) is 11.5 Å². The molecule has 1 aromatic rings. The molecule has 0 atom stereocenters. The van der Waals surface area contributed by atoms with Crippen molar-refractivity contribution in [1.82, 2.24) is 0 Å². The zero-order valence-corrected chi connectivity index (χ0v) is 15.2. The summed E-state index contributed by atoms with van der Waals surface area (Å²) in [6, 6.07) is 3.29. The molecule has 3 heteroatoms. The minimum absolute atomic E-state index is 0.163. The van der Waals surface area contributed by atoms with E-state index in [1.807, 2.05) is 13.8 Å². The highest BCUT2D eigenvalue weighted by atomic mass is 16.5. The van der Waals surface area contributed by atoms with Crippen LogP contribution in [-0.4, -0.2) is 11.1 Å². The average Bonchev–Trinajstić information content (AvgIpc) is 2.80. The summed E-state index contributed by atoms with van der Waals surface area (Å²) in [4.78, 5) is 12.1. The van der Waals surface area contributed by atoms with Crippen LogP contribution in [0.1, 0.15) is 58.6 Å². The molecule has 1 aromatic carbocycles. The highest BCUT2D eigenvalue weighted by Gasteiger charge is 2.30. The molecule has 24 heavy (non-hydrogen) atoms. The summed E-state index contributed by atoms with van der Waals surface area (Å²) in [7, 11) is 0. The summed E-state index contributed by atoms with van der Waals surface area (Å²) in [6.07, 6.45) is 7.04. The molecular weight excluding hydrogens is 300 g/mol. The van der Waals surface area contributed by atoms with Crippen LogP contribution in [0.5, 0.6) is 11.5 Å². The van der Waals surface area contributed by atoms with Gasteiger partial charge in [-0.2, -0.15) is 0 Å². The van der Waals surface area contributed by atoms with E-state index in [2.05, 4.69) is 32.9 Å². The third-order valence-corrected chi connectivity index (χ3v) is 4.08. The molecule has 1 N–H and O–H groups in total. The number of ether oxygens (including phenoxy) is 1. The molecule has 0 spiro atoms. The monoisotopic (exact) mass is 326 g/mol. The van der Waals surface area contributed by atoms with Gasteiger partial charge in [0.2, 0.25) is 0 Å². The number of carbonyl (C=O) groups excluding carboxylic acids is 1. The second-order valence-corrected chi connectivity index (χ2v) is 6.82. The van der Waals surface area contributed by atoms with E-state index in [4.69, 9.17) is 4.74 Å². The molecule has 0 bridgehead atoms. The van der Waals surface area contributed by atoms with E-state index in [-0.39, 0.29) is 11.7 Å². The van der Waals surface area contributed by atoms with Crippen LogP contribution in [0.2, 0.25) is 0 Å². The van der Waals surface area contributed by atoms with E-state index in [0.717, 1.165) is 24.0 Å². The normalized spacial score (nSPS) is 13.6. The Balaban J connectivity index is 2.25. The SMILES string of the molecule is CC(C)=CCCC(C)=CCc1cc(O)cc2c1OC(=O)C2=C(C)C. The molecule has 0 amide bonds. The molecule has 0 radical (unpaired) electrons. The predicted octanol–water partition coefficient (Wildman–Crippen LogP) is 5.34. The van der Waals surface area contributed by atoms with Crippen LogP contribution in [0.3, 0.4) is 0 Å². The number of phenolic OH excluding ortho intramolecular Hbond substituents is 1. The summed E-state index contributed by atoms with van der Waals surface area (Å²) in [6.45, 7) is 10.1. The van der Waals surface area contributed by atoms with E-state index in [9.17, 15) is 9.90 Å². The van der Waals surface area contributed by atoms with Gasteiger partial charge in [0.15, 0.2) is 0 Å². The predicted molar refractivity (Wildman–Crippen MR) is 98.1 cm³/mol. The minimum Gasteiger partial charge on any atom is -0.508 e. The number of hydrogen-bond donors (Lipinski definition) is 1. The van der Waals surface area contributed by atoms with Crippen molar-refractivity contribution in [3.05, 3.63) is 52.1 Å². The molecule has 3 nitrogen and oxygen atoms in total. The van der Waals surface area contributed by atoms with Crippen molar-refractivity contribution in [2.45, 2.75) is 53.9 Å². The fraction of sp³-hybridized carbons (Fsp3) is 0.381. The third-order valence-electron chi connectivity index (χ3n) is 4.08. The van der Waals surface area contributed by atoms with E-state index in [1.54, 1.807) is 12.1 Å². The van der Waals surface area contributed by atoms with Crippen LogP contribution in [0, 0.1) is 0 Å². The molecule has 128 valence electrons. The zero-order valence-electron chi connectivity index (χ0n) is 15.2. The van der Waals surface area contributed by atoms with Crippen molar-refractivity contribution in [2.75, 3.05) is 0 Å². The highest BCUT2D eigenvalue weighted by molar-refractivity contribution is 6.22. The lowest BCUT2D eigenvalue weighted by Gasteiger charge is -2.07. The maximum Gasteiger partial charge on any atom is 0.344 e. The first-order chi connectivity index (χ1) is 11.3. The van der Waals surface area contributed by atoms with Crippen LogP contribution in [-0.2, 0) is 11.2 Å². The van der Waals surface area contributed by atoms with Crippen LogP contribution in [0.4, 0.5) is 0 Å². The van der Waals surface area contributed by atoms with Crippen LogP contribution >= 0.6 is 0 Å². The van der Waals surface area contributed by atoms with Crippen LogP contribution < -0.4 is 4.74 Å². The number of esters is 1. The lowest BCUT2D eigenvalue weighted by molar-refractivity contribution is -0.127. The molecule has 1 heterocycles. The highest BCUT2D eigenvalue weighted by Crippen LogP contribution is 2.41. The van der Waals surface area contributed by atoms with Gasteiger partial charge in [-0.25, -0.2) is 4.79 Å². The van der Waals surface area contributed by atoms with E-state index in [0.29, 0.717) is 23.3 Å². The lowest BCUT2D eigenvalue weighted by Crippen LogP contribution is -2.02. The number of hydrogen-bond acceptors (Lipinski definition) is 3. The first kappa shape index (κ1) is 18.1. The fourth-order valence-corrected chi connectivity index (χ4v) is 2.83. The maximum atomic E-state index is 12.1. The average molecular weight is 326 g/mol. The Kier molecular flexibility index (Phi) is 5.66. The van der Waals surface area contributed by atoms with E-state index in [1.165, 1.54) is 11.1 Å². The van der Waals surface area contributed by atoms with Gasteiger partial charge in [0, 0.05) is 11.1 Å². The number of fused-ring (bicyclic) bond motifs is 1. The quantitative estimate of drug-likeness (QED) is 0.344. The first-order valence-electron chi connectivity index (χ1n) is 8.34. The Bertz CT molecular complexity index is 741. The molecule has 0 aliphatic carbocycles. The van der Waals surface area contributed by atoms with Gasteiger partial charge in [-0.15, -0.1) is 0 Å². The Morgan fingerprint density at radius 2 is 1.83 bits per heavy atom. The number of aromatic hydroxyl groups is 1. The topological polar surface area (TPSA) is 46.5 Å². The maximum absolute atomic E-state index is 12.1. The molecule has 0 unspecified atom stereocenters. The van der Waals surface area contributed by atoms with Gasteiger partial charge in [0.1, 0.15) is 11.5 Å². The van der Waals surface area contributed by atoms with Crippen LogP contribution in [0.25, 0.3) is 5.57 Å². The van der Waals surface area contributed by atoms with Crippen molar-refractivity contribution in [1.29, 1.82) is 0 Å². The molecule has 0 fully saturated rings. The van der Waals surface area contributed by atoms with E-state index < -0.39 is 0 Å². The fourth-order valence-electron chi connectivity index (χ4n) is 2.83. The summed E-state index contributed by atoms with van der Waals surface area (Å²) in [5, 5.41) is 10.0. The number of benzene rings is 1. The van der Waals surface area contributed by atoms with Gasteiger partial charge in [0.05, 0.1) is 5.57 Å². The van der Waals surface area contributed by atoms with Gasteiger partial charge >= 0.3 is 5.97 Å². The van der Waals surface area contributed by atoms with Crippen molar-refractivity contribution < 1.29 is 14.6 Å². The molecule has 0 aromatic heterocycles. The summed E-state index contributed by atoms with van der Waals surface area (Å²) in [5.74, 6) is 0.417. The first-order valence-corrected chi connectivity index (χ1v) is 8.34. The Labute approximate surface area is 144 Å². The van der Waals surface area contributed by atoms with Gasteiger partial charge in [-0.1, -0.05) is 28.9 Å². The van der Waals surface area contributed by atoms with Crippen molar-refractivity contribution >= 4 is 11.5 Å². The van der Waals surface area contributed by atoms with Gasteiger partial charge in [-0.3, -0.25) is 0 Å². The second-order valence-electron chi connectivity index (χ2n) is 6.82. The van der Waals surface area contributed by atoms with Crippen molar-refractivity contribution in [2.24, 2.45) is 0 Å². The standard InChI is InChI=1S/C21H26O3/c1-13(2)7-6-8-15(5)9-10-16-11-17(22)12-18-19(14(3)4)21(23)24-20(16)18/h7,9,11-12,22H,6,8,10H2,1-5H3. The Morgan fingerprint density at radius 3 is 2.46 bits per heavy atom. The van der Waals surface area contributed by atoms with Crippen LogP contribution in [0.15, 0.2) is 41.0 Å². The number of phenols is 1. The van der Waals surface area contributed by atoms with Gasteiger partial charge in [0.25, 0.3) is 0 Å². The smallest absolute Gasteiger partial charge is 0.344 e. The second kappa shape index (κ2) is 7.52. The largest absolute Gasteiger partial charge is 0.508 e. The number of rotatable bonds is 5. The zero-order chi connectivity index (χ0) is 17.9. The molecule has 1 aliphatic rings.